The summed E-state index contributed by atoms with van der Waals surface area (Å²) in [5.74, 6) is -0.294. The Balaban J connectivity index is 1.34. The summed E-state index contributed by atoms with van der Waals surface area (Å²) in [5, 5.41) is 10.3. The molecular weight excluding hydrogens is 382 g/mol. The van der Waals surface area contributed by atoms with E-state index in [-0.39, 0.29) is 30.8 Å². The Kier molecular flexibility index (Phi) is 5.32. The maximum atomic E-state index is 12.7. The van der Waals surface area contributed by atoms with E-state index < -0.39 is 5.54 Å². The van der Waals surface area contributed by atoms with Crippen molar-refractivity contribution in [3.05, 3.63) is 41.7 Å². The highest BCUT2D eigenvalue weighted by Gasteiger charge is 2.52. The number of benzene rings is 1. The zero-order valence-corrected chi connectivity index (χ0v) is 17.4. The zero-order valence-electron chi connectivity index (χ0n) is 17.4. The molecule has 1 aromatic heterocycles. The summed E-state index contributed by atoms with van der Waals surface area (Å²) in [6.45, 7) is 4.02. The fourth-order valence-electron chi connectivity index (χ4n) is 4.44. The van der Waals surface area contributed by atoms with Crippen molar-refractivity contribution in [2.24, 2.45) is 0 Å². The van der Waals surface area contributed by atoms with Crippen LogP contribution in [-0.4, -0.2) is 44.6 Å². The number of carbonyl (C=O) groups is 3. The molecule has 1 aromatic carbocycles. The molecule has 1 spiro atoms. The van der Waals surface area contributed by atoms with Gasteiger partial charge in [-0.2, -0.15) is 5.10 Å². The largest absolute Gasteiger partial charge is 0.325 e. The molecule has 158 valence electrons. The van der Waals surface area contributed by atoms with Crippen LogP contribution in [0.1, 0.15) is 49.9 Å². The summed E-state index contributed by atoms with van der Waals surface area (Å²) in [4.78, 5) is 38.6. The SMILES string of the molecule is Cc1nn(-c2ccccc2)c(C)c1NC(=O)CCCN1C(=O)NC2(CCCC2)C1=O. The Morgan fingerprint density at radius 2 is 1.87 bits per heavy atom. The van der Waals surface area contributed by atoms with Crippen molar-refractivity contribution < 1.29 is 14.4 Å². The van der Waals surface area contributed by atoms with Crippen LogP contribution in [-0.2, 0) is 9.59 Å². The van der Waals surface area contributed by atoms with Gasteiger partial charge < -0.3 is 10.6 Å². The van der Waals surface area contributed by atoms with E-state index in [0.717, 1.165) is 29.9 Å². The van der Waals surface area contributed by atoms with Gasteiger partial charge in [-0.15, -0.1) is 0 Å². The van der Waals surface area contributed by atoms with Gasteiger partial charge in [0.05, 0.1) is 22.8 Å². The van der Waals surface area contributed by atoms with Crippen molar-refractivity contribution in [2.75, 3.05) is 11.9 Å². The third kappa shape index (κ3) is 3.58. The first kappa shape index (κ1) is 20.1. The Bertz CT molecular complexity index is 976. The van der Waals surface area contributed by atoms with Gasteiger partial charge in [-0.05, 0) is 45.2 Å². The van der Waals surface area contributed by atoms with E-state index in [1.807, 2.05) is 44.2 Å². The molecule has 2 aromatic rings. The van der Waals surface area contributed by atoms with E-state index in [2.05, 4.69) is 15.7 Å². The Hall–Kier alpha value is -3.16. The van der Waals surface area contributed by atoms with Gasteiger partial charge in [0.25, 0.3) is 5.91 Å². The van der Waals surface area contributed by atoms with Crippen LogP contribution in [0.2, 0.25) is 0 Å². The third-order valence-corrected chi connectivity index (χ3v) is 6.05. The molecule has 1 aliphatic heterocycles. The Labute approximate surface area is 175 Å². The van der Waals surface area contributed by atoms with Crippen LogP contribution in [0.3, 0.4) is 0 Å². The Morgan fingerprint density at radius 3 is 2.57 bits per heavy atom. The molecule has 4 amide bonds. The minimum Gasteiger partial charge on any atom is -0.323 e. The normalized spacial score (nSPS) is 17.6. The topological polar surface area (TPSA) is 96.3 Å². The van der Waals surface area contributed by atoms with Crippen molar-refractivity contribution in [3.8, 4) is 5.69 Å². The molecule has 8 heteroatoms. The number of rotatable bonds is 6. The molecule has 1 saturated carbocycles. The van der Waals surface area contributed by atoms with Gasteiger partial charge in [0.2, 0.25) is 5.91 Å². The molecule has 2 N–H and O–H groups in total. The molecule has 0 radical (unpaired) electrons. The van der Waals surface area contributed by atoms with Crippen LogP contribution in [0.25, 0.3) is 5.69 Å². The molecule has 2 heterocycles. The van der Waals surface area contributed by atoms with E-state index in [1.165, 1.54) is 4.90 Å². The summed E-state index contributed by atoms with van der Waals surface area (Å²) in [6.07, 6.45) is 3.97. The second kappa shape index (κ2) is 7.93. The fourth-order valence-corrected chi connectivity index (χ4v) is 4.44. The molecule has 0 atom stereocenters. The number of hydrogen-bond acceptors (Lipinski definition) is 4. The lowest BCUT2D eigenvalue weighted by atomic mass is 9.98. The first-order valence-corrected chi connectivity index (χ1v) is 10.5. The van der Waals surface area contributed by atoms with Gasteiger partial charge in [-0.1, -0.05) is 31.0 Å². The summed E-state index contributed by atoms with van der Waals surface area (Å²) < 4.78 is 1.80. The number of anilines is 1. The second-order valence-electron chi connectivity index (χ2n) is 8.12. The quantitative estimate of drug-likeness (QED) is 0.717. The van der Waals surface area contributed by atoms with Crippen LogP contribution in [0.4, 0.5) is 10.5 Å². The van der Waals surface area contributed by atoms with E-state index in [0.29, 0.717) is 24.9 Å². The number of imide groups is 1. The van der Waals surface area contributed by atoms with Crippen molar-refractivity contribution in [1.29, 1.82) is 0 Å². The van der Waals surface area contributed by atoms with Crippen molar-refractivity contribution in [1.82, 2.24) is 20.0 Å². The van der Waals surface area contributed by atoms with Crippen LogP contribution >= 0.6 is 0 Å². The molecular formula is C22H27N5O3. The van der Waals surface area contributed by atoms with Gasteiger partial charge in [0, 0.05) is 13.0 Å². The monoisotopic (exact) mass is 409 g/mol. The first-order chi connectivity index (χ1) is 14.4. The second-order valence-corrected chi connectivity index (χ2v) is 8.12. The number of carbonyl (C=O) groups excluding carboxylic acids is 3. The minimum absolute atomic E-state index is 0.138. The predicted molar refractivity (Wildman–Crippen MR) is 112 cm³/mol. The lowest BCUT2D eigenvalue weighted by Gasteiger charge is -2.19. The maximum Gasteiger partial charge on any atom is 0.325 e. The van der Waals surface area contributed by atoms with Crippen LogP contribution < -0.4 is 10.6 Å². The summed E-state index contributed by atoms with van der Waals surface area (Å²) in [7, 11) is 0. The summed E-state index contributed by atoms with van der Waals surface area (Å²) in [6, 6.07) is 9.40. The first-order valence-electron chi connectivity index (χ1n) is 10.5. The number of aryl methyl sites for hydroxylation is 1. The van der Waals surface area contributed by atoms with Crippen LogP contribution in [0.15, 0.2) is 30.3 Å². The van der Waals surface area contributed by atoms with E-state index >= 15 is 0 Å². The number of nitrogens with one attached hydrogen (secondary N) is 2. The lowest BCUT2D eigenvalue weighted by molar-refractivity contribution is -0.131. The molecule has 1 saturated heterocycles. The summed E-state index contributed by atoms with van der Waals surface area (Å²) >= 11 is 0. The fraction of sp³-hybridized carbons (Fsp3) is 0.455. The molecule has 8 nitrogen and oxygen atoms in total. The molecule has 2 aliphatic rings. The minimum atomic E-state index is -0.695. The number of amides is 4. The lowest BCUT2D eigenvalue weighted by Crippen LogP contribution is -2.44. The highest BCUT2D eigenvalue weighted by Crippen LogP contribution is 2.35. The highest BCUT2D eigenvalue weighted by molar-refractivity contribution is 6.07. The average molecular weight is 409 g/mol. The van der Waals surface area contributed by atoms with Gasteiger partial charge >= 0.3 is 6.03 Å². The van der Waals surface area contributed by atoms with Gasteiger partial charge in [-0.25, -0.2) is 9.48 Å². The molecule has 30 heavy (non-hydrogen) atoms. The average Bonchev–Trinajstić information content (AvgIpc) is 3.38. The van der Waals surface area contributed by atoms with Crippen LogP contribution in [0.5, 0.6) is 0 Å². The van der Waals surface area contributed by atoms with Crippen molar-refractivity contribution in [2.45, 2.75) is 57.9 Å². The van der Waals surface area contributed by atoms with Crippen LogP contribution in [0, 0.1) is 13.8 Å². The van der Waals surface area contributed by atoms with Crippen molar-refractivity contribution in [3.63, 3.8) is 0 Å². The van der Waals surface area contributed by atoms with Gasteiger partial charge in [-0.3, -0.25) is 14.5 Å². The number of nitrogens with zero attached hydrogens (tertiary/aromatic N) is 3. The van der Waals surface area contributed by atoms with Gasteiger partial charge in [0.15, 0.2) is 0 Å². The molecule has 0 unspecified atom stereocenters. The summed E-state index contributed by atoms with van der Waals surface area (Å²) in [5.41, 5.74) is 2.52. The van der Waals surface area contributed by atoms with E-state index in [1.54, 1.807) is 4.68 Å². The standard InChI is InChI=1S/C22H27N5O3/c1-15-19(16(2)27(25-15)17-9-4-3-5-10-17)23-18(28)11-8-14-26-20(29)22(24-21(26)30)12-6-7-13-22/h3-5,9-10H,6-8,11-14H2,1-2H3,(H,23,28)(H,24,30). The molecule has 2 fully saturated rings. The molecule has 1 aliphatic carbocycles. The smallest absolute Gasteiger partial charge is 0.323 e. The van der Waals surface area contributed by atoms with E-state index in [4.69, 9.17) is 0 Å². The van der Waals surface area contributed by atoms with Gasteiger partial charge in [0.1, 0.15) is 5.54 Å². The van der Waals surface area contributed by atoms with E-state index in [9.17, 15) is 14.4 Å². The van der Waals surface area contributed by atoms with Crippen molar-refractivity contribution >= 4 is 23.5 Å². The third-order valence-electron chi connectivity index (χ3n) is 6.05. The number of aromatic nitrogens is 2. The molecule has 4 rings (SSSR count). The molecule has 0 bridgehead atoms. The predicted octanol–water partition coefficient (Wildman–Crippen LogP) is 3.07. The number of hydrogen-bond donors (Lipinski definition) is 2. The number of para-hydroxylation sites is 1. The highest BCUT2D eigenvalue weighted by atomic mass is 16.2. The number of urea groups is 1. The maximum absolute atomic E-state index is 12.7. The zero-order chi connectivity index (χ0) is 21.3. The Morgan fingerprint density at radius 1 is 1.17 bits per heavy atom.